The Morgan fingerprint density at radius 2 is 2.07 bits per heavy atom. The summed E-state index contributed by atoms with van der Waals surface area (Å²) < 4.78 is 10.3. The highest BCUT2D eigenvalue weighted by Crippen LogP contribution is 2.30. The predicted octanol–water partition coefficient (Wildman–Crippen LogP) is 4.30. The third-order valence-electron chi connectivity index (χ3n) is 4.29. The van der Waals surface area contributed by atoms with Crippen LogP contribution < -0.4 is 15.8 Å². The maximum absolute atomic E-state index is 11.3. The SMILES string of the molecule is COc1ccc(CCCNc2ncc(-c3ccc4[nH]c(=O)oc4c3)s2)cc1. The number of aryl methyl sites for hydroxylation is 1. The van der Waals surface area contributed by atoms with Crippen molar-refractivity contribution in [1.82, 2.24) is 9.97 Å². The van der Waals surface area contributed by atoms with Gasteiger partial charge in [0.15, 0.2) is 10.7 Å². The minimum atomic E-state index is -0.439. The summed E-state index contributed by atoms with van der Waals surface area (Å²) in [6, 6.07) is 13.8. The summed E-state index contributed by atoms with van der Waals surface area (Å²) in [6.45, 7) is 0.852. The molecule has 0 bridgehead atoms. The van der Waals surface area contributed by atoms with Gasteiger partial charge in [0.2, 0.25) is 0 Å². The van der Waals surface area contributed by atoms with Crippen molar-refractivity contribution in [2.24, 2.45) is 0 Å². The van der Waals surface area contributed by atoms with E-state index in [4.69, 9.17) is 9.15 Å². The first-order chi connectivity index (χ1) is 13.2. The average molecular weight is 381 g/mol. The molecule has 0 aliphatic carbocycles. The quantitative estimate of drug-likeness (QED) is 0.467. The van der Waals surface area contributed by atoms with Gasteiger partial charge in [0, 0.05) is 12.7 Å². The zero-order valence-electron chi connectivity index (χ0n) is 14.8. The summed E-state index contributed by atoms with van der Waals surface area (Å²) >= 11 is 1.58. The normalized spacial score (nSPS) is 11.0. The van der Waals surface area contributed by atoms with Crippen LogP contribution in [-0.4, -0.2) is 23.6 Å². The molecule has 0 fully saturated rings. The van der Waals surface area contributed by atoms with Gasteiger partial charge in [0.05, 0.1) is 17.5 Å². The molecule has 0 amide bonds. The van der Waals surface area contributed by atoms with E-state index < -0.39 is 5.76 Å². The fraction of sp³-hybridized carbons (Fsp3) is 0.200. The van der Waals surface area contributed by atoms with Crippen molar-refractivity contribution in [3.8, 4) is 16.2 Å². The van der Waals surface area contributed by atoms with E-state index in [1.54, 1.807) is 18.4 Å². The smallest absolute Gasteiger partial charge is 0.417 e. The number of oxazole rings is 1. The van der Waals surface area contributed by atoms with Gasteiger partial charge in [-0.15, -0.1) is 0 Å². The van der Waals surface area contributed by atoms with Gasteiger partial charge in [-0.25, -0.2) is 9.78 Å². The Labute approximate surface area is 159 Å². The van der Waals surface area contributed by atoms with E-state index in [9.17, 15) is 4.79 Å². The molecule has 27 heavy (non-hydrogen) atoms. The molecular formula is C20H19N3O3S. The fourth-order valence-corrected chi connectivity index (χ4v) is 3.71. The highest BCUT2D eigenvalue weighted by Gasteiger charge is 2.07. The number of aromatic nitrogens is 2. The van der Waals surface area contributed by atoms with Gasteiger partial charge in [-0.05, 0) is 48.2 Å². The zero-order valence-corrected chi connectivity index (χ0v) is 15.6. The van der Waals surface area contributed by atoms with Crippen molar-refractivity contribution < 1.29 is 9.15 Å². The van der Waals surface area contributed by atoms with Crippen molar-refractivity contribution in [3.63, 3.8) is 0 Å². The van der Waals surface area contributed by atoms with Crippen LogP contribution in [0.2, 0.25) is 0 Å². The molecule has 2 heterocycles. The van der Waals surface area contributed by atoms with Crippen LogP contribution in [0.15, 0.2) is 57.9 Å². The maximum atomic E-state index is 11.3. The topological polar surface area (TPSA) is 80.1 Å². The lowest BCUT2D eigenvalue weighted by atomic mass is 10.1. The fourth-order valence-electron chi connectivity index (χ4n) is 2.87. The van der Waals surface area contributed by atoms with Crippen molar-refractivity contribution in [3.05, 3.63) is 64.8 Å². The van der Waals surface area contributed by atoms with E-state index >= 15 is 0 Å². The summed E-state index contributed by atoms with van der Waals surface area (Å²) in [7, 11) is 1.67. The Hall–Kier alpha value is -3.06. The van der Waals surface area contributed by atoms with E-state index in [1.165, 1.54) is 5.56 Å². The van der Waals surface area contributed by atoms with E-state index in [1.807, 2.05) is 36.5 Å². The van der Waals surface area contributed by atoms with Crippen molar-refractivity contribution in [2.45, 2.75) is 12.8 Å². The average Bonchev–Trinajstić information content (AvgIpc) is 3.30. The number of nitrogens with one attached hydrogen (secondary N) is 2. The molecule has 2 aromatic heterocycles. The van der Waals surface area contributed by atoms with Crippen LogP contribution in [0.5, 0.6) is 5.75 Å². The van der Waals surface area contributed by atoms with Crippen molar-refractivity contribution >= 4 is 27.6 Å². The molecule has 0 unspecified atom stereocenters. The van der Waals surface area contributed by atoms with E-state index in [-0.39, 0.29) is 0 Å². The Morgan fingerprint density at radius 1 is 1.22 bits per heavy atom. The number of rotatable bonds is 7. The number of thiazole rings is 1. The Morgan fingerprint density at radius 3 is 2.89 bits per heavy atom. The standard InChI is InChI=1S/C20H19N3O3S/c1-25-15-7-4-13(5-8-15)3-2-10-21-19-22-12-18(27-19)14-6-9-16-17(11-14)26-20(24)23-16/h4-9,11-12H,2-3,10H2,1H3,(H,21,22)(H,23,24). The van der Waals surface area contributed by atoms with Crippen LogP contribution in [0.4, 0.5) is 5.13 Å². The summed E-state index contributed by atoms with van der Waals surface area (Å²) in [6.07, 6.45) is 3.85. The summed E-state index contributed by atoms with van der Waals surface area (Å²) in [5.74, 6) is 0.440. The number of hydrogen-bond acceptors (Lipinski definition) is 6. The molecule has 7 heteroatoms. The second kappa shape index (κ2) is 7.67. The number of methoxy groups -OCH3 is 1. The Kier molecular flexibility index (Phi) is 4.93. The van der Waals surface area contributed by atoms with Crippen LogP contribution >= 0.6 is 11.3 Å². The first-order valence-electron chi connectivity index (χ1n) is 8.67. The molecule has 2 aromatic carbocycles. The minimum absolute atomic E-state index is 0.439. The third kappa shape index (κ3) is 4.03. The highest BCUT2D eigenvalue weighted by molar-refractivity contribution is 7.18. The van der Waals surface area contributed by atoms with Crippen LogP contribution in [-0.2, 0) is 6.42 Å². The number of ether oxygens (including phenoxy) is 1. The number of H-pyrrole nitrogens is 1. The van der Waals surface area contributed by atoms with Gasteiger partial charge < -0.3 is 14.5 Å². The van der Waals surface area contributed by atoms with E-state index in [0.717, 1.165) is 40.7 Å². The van der Waals surface area contributed by atoms with Gasteiger partial charge >= 0.3 is 5.76 Å². The number of aromatic amines is 1. The summed E-state index contributed by atoms with van der Waals surface area (Å²) in [5, 5.41) is 4.26. The Bertz CT molecular complexity index is 1100. The largest absolute Gasteiger partial charge is 0.497 e. The lowest BCUT2D eigenvalue weighted by molar-refractivity contribution is 0.414. The van der Waals surface area contributed by atoms with E-state index in [2.05, 4.69) is 27.4 Å². The molecule has 138 valence electrons. The molecule has 0 spiro atoms. The van der Waals surface area contributed by atoms with Gasteiger partial charge in [0.1, 0.15) is 5.75 Å². The number of benzene rings is 2. The molecule has 0 atom stereocenters. The number of hydrogen-bond donors (Lipinski definition) is 2. The van der Waals surface area contributed by atoms with E-state index in [0.29, 0.717) is 11.1 Å². The van der Waals surface area contributed by atoms with Crippen LogP contribution in [0.25, 0.3) is 21.5 Å². The first-order valence-corrected chi connectivity index (χ1v) is 9.49. The lowest BCUT2D eigenvalue weighted by Gasteiger charge is -2.04. The molecule has 0 saturated carbocycles. The van der Waals surface area contributed by atoms with Gasteiger partial charge in [-0.3, -0.25) is 4.98 Å². The second-order valence-corrected chi connectivity index (χ2v) is 7.16. The number of nitrogens with zero attached hydrogens (tertiary/aromatic N) is 1. The van der Waals surface area contributed by atoms with Gasteiger partial charge in [-0.1, -0.05) is 29.5 Å². The molecule has 0 aliphatic rings. The van der Waals surface area contributed by atoms with Crippen LogP contribution in [0.1, 0.15) is 12.0 Å². The molecule has 6 nitrogen and oxygen atoms in total. The molecule has 4 aromatic rings. The van der Waals surface area contributed by atoms with Crippen molar-refractivity contribution in [1.29, 1.82) is 0 Å². The van der Waals surface area contributed by atoms with Gasteiger partial charge in [0.25, 0.3) is 0 Å². The molecule has 4 rings (SSSR count). The minimum Gasteiger partial charge on any atom is -0.497 e. The second-order valence-electron chi connectivity index (χ2n) is 6.13. The monoisotopic (exact) mass is 381 g/mol. The molecule has 0 saturated heterocycles. The lowest BCUT2D eigenvalue weighted by Crippen LogP contribution is -2.02. The highest BCUT2D eigenvalue weighted by atomic mass is 32.1. The summed E-state index contributed by atoms with van der Waals surface area (Å²) in [5.41, 5.74) is 3.53. The first kappa shape index (κ1) is 17.4. The number of anilines is 1. The van der Waals surface area contributed by atoms with Gasteiger partial charge in [-0.2, -0.15) is 0 Å². The Balaban J connectivity index is 1.33. The maximum Gasteiger partial charge on any atom is 0.417 e. The van der Waals surface area contributed by atoms with Crippen molar-refractivity contribution in [2.75, 3.05) is 19.0 Å². The molecule has 0 aliphatic heterocycles. The molecule has 2 N–H and O–H groups in total. The summed E-state index contributed by atoms with van der Waals surface area (Å²) in [4.78, 5) is 19.4. The predicted molar refractivity (Wildman–Crippen MR) is 108 cm³/mol. The van der Waals surface area contributed by atoms with Crippen LogP contribution in [0.3, 0.4) is 0 Å². The molecule has 0 radical (unpaired) electrons. The van der Waals surface area contributed by atoms with Crippen LogP contribution in [0, 0.1) is 0 Å². The molecular weight excluding hydrogens is 362 g/mol. The zero-order chi connectivity index (χ0) is 18.6. The third-order valence-corrected chi connectivity index (χ3v) is 5.29. The number of fused-ring (bicyclic) bond motifs is 1.